The molecule has 4 rings (SSSR count). The molecule has 0 unspecified atom stereocenters. The number of fused-ring (bicyclic) bond motifs is 4. The number of carbonyl (C=O) groups excluding carboxylic acids is 1. The molecule has 3 aromatic rings. The van der Waals surface area contributed by atoms with Crippen LogP contribution in [0.4, 0.5) is 14.5 Å². The number of ketones is 1. The van der Waals surface area contributed by atoms with E-state index in [2.05, 4.69) is 4.98 Å². The number of hydrogen-bond acceptors (Lipinski definition) is 5. The normalized spacial score (nSPS) is 12.3. The van der Waals surface area contributed by atoms with Crippen molar-refractivity contribution in [2.24, 2.45) is 0 Å². The van der Waals surface area contributed by atoms with E-state index in [-0.39, 0.29) is 28.3 Å². The Morgan fingerprint density at radius 3 is 2.58 bits per heavy atom. The maximum Gasteiger partial charge on any atom is 0.270 e. The molecule has 0 bridgehead atoms. The molecule has 0 N–H and O–H groups in total. The van der Waals surface area contributed by atoms with Crippen LogP contribution in [0.25, 0.3) is 16.6 Å². The average molecular weight is 329 g/mol. The Balaban J connectivity index is 2.12. The Morgan fingerprint density at radius 2 is 1.88 bits per heavy atom. The monoisotopic (exact) mass is 329 g/mol. The van der Waals surface area contributed by atoms with E-state index in [0.717, 1.165) is 22.8 Å². The highest BCUT2D eigenvalue weighted by atomic mass is 19.1. The molecule has 1 aliphatic rings. The van der Waals surface area contributed by atoms with Gasteiger partial charge in [-0.1, -0.05) is 0 Å². The van der Waals surface area contributed by atoms with Gasteiger partial charge in [0.15, 0.2) is 5.82 Å². The number of hydrogen-bond donors (Lipinski definition) is 0. The molecule has 2 aromatic carbocycles. The first-order valence-corrected chi connectivity index (χ1v) is 6.64. The van der Waals surface area contributed by atoms with E-state index >= 15 is 0 Å². The third-order valence-electron chi connectivity index (χ3n) is 3.77. The van der Waals surface area contributed by atoms with Crippen LogP contribution in [0.15, 0.2) is 35.1 Å². The lowest BCUT2D eigenvalue weighted by atomic mass is 10.1. The maximum atomic E-state index is 14.0. The van der Waals surface area contributed by atoms with E-state index in [4.69, 9.17) is 0 Å². The van der Waals surface area contributed by atoms with Gasteiger partial charge >= 0.3 is 0 Å². The molecule has 2 heterocycles. The third kappa shape index (κ3) is 1.72. The molecule has 0 aliphatic carbocycles. The van der Waals surface area contributed by atoms with Gasteiger partial charge in [0.2, 0.25) is 5.78 Å². The van der Waals surface area contributed by atoms with Gasteiger partial charge in [-0.25, -0.2) is 13.8 Å². The van der Waals surface area contributed by atoms with Crippen LogP contribution >= 0.6 is 0 Å². The molecule has 0 radical (unpaired) electrons. The van der Waals surface area contributed by atoms with Crippen molar-refractivity contribution in [3.8, 4) is 5.69 Å². The Labute approximate surface area is 130 Å². The molecule has 9 heteroatoms. The van der Waals surface area contributed by atoms with Gasteiger partial charge in [-0.05, 0) is 6.07 Å². The van der Waals surface area contributed by atoms with Crippen molar-refractivity contribution in [1.82, 2.24) is 9.55 Å². The van der Waals surface area contributed by atoms with Crippen molar-refractivity contribution in [3.05, 3.63) is 73.8 Å². The Morgan fingerprint density at radius 1 is 1.12 bits per heavy atom. The number of nitro benzene ring substituents is 1. The van der Waals surface area contributed by atoms with Crippen molar-refractivity contribution < 1.29 is 18.5 Å². The van der Waals surface area contributed by atoms with Crippen molar-refractivity contribution in [2.45, 2.75) is 0 Å². The lowest BCUT2D eigenvalue weighted by molar-refractivity contribution is -0.384. The molecule has 1 aliphatic heterocycles. The number of carbonyl (C=O) groups is 1. The largest absolute Gasteiger partial charge is 0.285 e. The molecule has 0 saturated heterocycles. The third-order valence-corrected chi connectivity index (χ3v) is 3.77. The molecule has 0 atom stereocenters. The summed E-state index contributed by atoms with van der Waals surface area (Å²) in [5, 5.41) is 10.4. The van der Waals surface area contributed by atoms with Crippen molar-refractivity contribution in [2.75, 3.05) is 0 Å². The highest BCUT2D eigenvalue weighted by Gasteiger charge is 2.32. The minimum Gasteiger partial charge on any atom is -0.285 e. The summed E-state index contributed by atoms with van der Waals surface area (Å²) in [5.41, 5.74) is -1.52. The van der Waals surface area contributed by atoms with Gasteiger partial charge in [0.25, 0.3) is 11.2 Å². The fourth-order valence-electron chi connectivity index (χ4n) is 2.74. The van der Waals surface area contributed by atoms with E-state index in [1.54, 1.807) is 0 Å². The smallest absolute Gasteiger partial charge is 0.270 e. The fraction of sp³-hybridized carbons (Fsp3) is 0. The summed E-state index contributed by atoms with van der Waals surface area (Å²) in [6.45, 7) is 0. The zero-order chi connectivity index (χ0) is 17.2. The molecule has 118 valence electrons. The van der Waals surface area contributed by atoms with Crippen LogP contribution in [0.2, 0.25) is 0 Å². The SMILES string of the molecule is O=C1c2cc([N+](=O)[O-])ccc2-n2c1nc1cc(F)cc(F)c1c2=O. The minimum absolute atomic E-state index is 0.0729. The van der Waals surface area contributed by atoms with Gasteiger partial charge in [0.05, 0.1) is 21.7 Å². The second-order valence-corrected chi connectivity index (χ2v) is 5.15. The first-order valence-electron chi connectivity index (χ1n) is 6.64. The highest BCUT2D eigenvalue weighted by molar-refractivity contribution is 6.13. The summed E-state index contributed by atoms with van der Waals surface area (Å²) >= 11 is 0. The summed E-state index contributed by atoms with van der Waals surface area (Å²) in [7, 11) is 0. The number of halogens is 2. The Kier molecular flexibility index (Phi) is 2.65. The lowest BCUT2D eigenvalue weighted by Gasteiger charge is -2.06. The van der Waals surface area contributed by atoms with Gasteiger partial charge in [0, 0.05) is 24.3 Å². The van der Waals surface area contributed by atoms with E-state index < -0.39 is 33.3 Å². The number of non-ortho nitro benzene ring substituents is 1. The van der Waals surface area contributed by atoms with Crippen LogP contribution in [0.5, 0.6) is 0 Å². The van der Waals surface area contributed by atoms with E-state index in [1.807, 2.05) is 0 Å². The first kappa shape index (κ1) is 14.1. The minimum atomic E-state index is -1.10. The fourth-order valence-corrected chi connectivity index (χ4v) is 2.74. The van der Waals surface area contributed by atoms with Crippen LogP contribution in [0, 0.1) is 21.7 Å². The number of benzene rings is 2. The predicted molar refractivity (Wildman–Crippen MR) is 77.3 cm³/mol. The van der Waals surface area contributed by atoms with Gasteiger partial charge in [-0.15, -0.1) is 0 Å². The Hall–Kier alpha value is -3.49. The molecule has 0 saturated carbocycles. The molecule has 24 heavy (non-hydrogen) atoms. The molecule has 0 fully saturated rings. The second kappa shape index (κ2) is 4.51. The molecule has 7 nitrogen and oxygen atoms in total. The van der Waals surface area contributed by atoms with Gasteiger partial charge in [-0.2, -0.15) is 0 Å². The average Bonchev–Trinajstić information content (AvgIpc) is 2.79. The lowest BCUT2D eigenvalue weighted by Crippen LogP contribution is -2.22. The standard InChI is InChI=1S/C15H5F2N3O4/c16-6-3-9(17)12-10(4-6)18-14-13(21)8-5-7(20(23)24)1-2-11(8)19(14)15(12)22/h1-5H. The van der Waals surface area contributed by atoms with Crippen molar-refractivity contribution in [1.29, 1.82) is 0 Å². The zero-order valence-corrected chi connectivity index (χ0v) is 11.6. The summed E-state index contributed by atoms with van der Waals surface area (Å²) in [4.78, 5) is 39.0. The van der Waals surface area contributed by atoms with E-state index in [0.29, 0.717) is 6.07 Å². The molecule has 0 amide bonds. The predicted octanol–water partition coefficient (Wildman–Crippen LogP) is 2.12. The topological polar surface area (TPSA) is 95.1 Å². The van der Waals surface area contributed by atoms with Gasteiger partial charge in [0.1, 0.15) is 17.0 Å². The highest BCUT2D eigenvalue weighted by Crippen LogP contribution is 2.29. The number of rotatable bonds is 1. The number of nitro groups is 1. The van der Waals surface area contributed by atoms with Crippen molar-refractivity contribution >= 4 is 22.4 Å². The van der Waals surface area contributed by atoms with Crippen LogP contribution < -0.4 is 5.56 Å². The molecular formula is C15H5F2N3O4. The summed E-state index contributed by atoms with van der Waals surface area (Å²) < 4.78 is 28.2. The number of nitrogens with zero attached hydrogens (tertiary/aromatic N) is 3. The van der Waals surface area contributed by atoms with Crippen LogP contribution in [0.3, 0.4) is 0 Å². The van der Waals surface area contributed by atoms with Crippen LogP contribution in [0.1, 0.15) is 16.2 Å². The summed E-state index contributed by atoms with van der Waals surface area (Å²) in [6.07, 6.45) is 0. The second-order valence-electron chi connectivity index (χ2n) is 5.15. The van der Waals surface area contributed by atoms with Crippen LogP contribution in [-0.2, 0) is 0 Å². The van der Waals surface area contributed by atoms with Crippen molar-refractivity contribution in [3.63, 3.8) is 0 Å². The quantitative estimate of drug-likeness (QED) is 0.394. The summed E-state index contributed by atoms with van der Waals surface area (Å²) in [5.74, 6) is -3.10. The van der Waals surface area contributed by atoms with Crippen LogP contribution in [-0.4, -0.2) is 20.3 Å². The Bertz CT molecular complexity index is 1150. The van der Waals surface area contributed by atoms with E-state index in [1.165, 1.54) is 6.07 Å². The van der Waals surface area contributed by atoms with Gasteiger partial charge < -0.3 is 0 Å². The molecular weight excluding hydrogens is 324 g/mol. The molecule has 0 spiro atoms. The summed E-state index contributed by atoms with van der Waals surface area (Å²) in [6, 6.07) is 4.76. The zero-order valence-electron chi connectivity index (χ0n) is 11.6. The first-order chi connectivity index (χ1) is 11.4. The molecule has 1 aromatic heterocycles. The van der Waals surface area contributed by atoms with E-state index in [9.17, 15) is 28.5 Å². The number of aromatic nitrogens is 2. The van der Waals surface area contributed by atoms with Gasteiger partial charge in [-0.3, -0.25) is 24.3 Å². The maximum absolute atomic E-state index is 14.0.